The zero-order chi connectivity index (χ0) is 24.4. The van der Waals surface area contributed by atoms with Crippen molar-refractivity contribution in [2.75, 3.05) is 13.2 Å². The van der Waals surface area contributed by atoms with Crippen molar-refractivity contribution in [2.45, 2.75) is 32.4 Å². The maximum absolute atomic E-state index is 13.4. The first-order valence-electron chi connectivity index (χ1n) is 11.5. The lowest BCUT2D eigenvalue weighted by atomic mass is 10.1. The number of hydrogen-bond donors (Lipinski definition) is 0. The average molecular weight is 473 g/mol. The van der Waals surface area contributed by atoms with Crippen molar-refractivity contribution in [3.8, 4) is 0 Å². The van der Waals surface area contributed by atoms with Gasteiger partial charge in [0.1, 0.15) is 16.9 Å². The van der Waals surface area contributed by atoms with Crippen molar-refractivity contribution in [3.05, 3.63) is 87.8 Å². The van der Waals surface area contributed by atoms with Gasteiger partial charge in [0.05, 0.1) is 24.6 Å². The second kappa shape index (κ2) is 9.63. The van der Waals surface area contributed by atoms with E-state index in [1.807, 2.05) is 0 Å². The number of benzene rings is 1. The van der Waals surface area contributed by atoms with Crippen LogP contribution in [-0.4, -0.2) is 45.1 Å². The summed E-state index contributed by atoms with van der Waals surface area (Å²) in [6.45, 7) is 2.72. The fraction of sp³-hybridized carbons (Fsp3) is 0.269. The number of fused-ring (bicyclic) bond motifs is 2. The number of aromatic nitrogens is 3. The maximum atomic E-state index is 13.4. The van der Waals surface area contributed by atoms with Crippen molar-refractivity contribution in [2.24, 2.45) is 4.99 Å². The van der Waals surface area contributed by atoms with Crippen molar-refractivity contribution in [3.63, 3.8) is 0 Å². The molecule has 4 heterocycles. The molecular formula is C26H24N4O5. The van der Waals surface area contributed by atoms with Crippen molar-refractivity contribution in [1.82, 2.24) is 14.0 Å². The van der Waals surface area contributed by atoms with Gasteiger partial charge in [-0.25, -0.2) is 9.78 Å². The minimum atomic E-state index is -0.673. The summed E-state index contributed by atoms with van der Waals surface area (Å²) in [6, 6.07) is 15.3. The van der Waals surface area contributed by atoms with Crippen LogP contribution < -0.4 is 11.0 Å². The lowest BCUT2D eigenvalue weighted by Gasteiger charge is -2.18. The Labute approximate surface area is 200 Å². The molecule has 0 aliphatic carbocycles. The van der Waals surface area contributed by atoms with Crippen LogP contribution in [0.3, 0.4) is 0 Å². The van der Waals surface area contributed by atoms with E-state index in [4.69, 9.17) is 14.5 Å². The predicted molar refractivity (Wildman–Crippen MR) is 128 cm³/mol. The third kappa shape index (κ3) is 4.38. The lowest BCUT2D eigenvalue weighted by molar-refractivity contribution is 0.0521. The normalized spacial score (nSPS) is 16.1. The van der Waals surface area contributed by atoms with Gasteiger partial charge in [0.25, 0.3) is 11.5 Å². The molecular weight excluding hydrogens is 448 g/mol. The highest BCUT2D eigenvalue weighted by atomic mass is 16.5. The molecule has 35 heavy (non-hydrogen) atoms. The van der Waals surface area contributed by atoms with Crippen LogP contribution in [0.15, 0.2) is 70.6 Å². The second-order valence-corrected chi connectivity index (χ2v) is 8.21. The predicted octanol–water partition coefficient (Wildman–Crippen LogP) is 2.75. The van der Waals surface area contributed by atoms with Crippen LogP contribution in [0.4, 0.5) is 0 Å². The third-order valence-corrected chi connectivity index (χ3v) is 5.92. The zero-order valence-corrected chi connectivity index (χ0v) is 19.2. The minimum absolute atomic E-state index is 0.0245. The fourth-order valence-electron chi connectivity index (χ4n) is 4.26. The topological polar surface area (TPSA) is 104 Å². The molecule has 0 radical (unpaired) electrons. The molecule has 0 N–H and O–H groups in total. The first-order valence-corrected chi connectivity index (χ1v) is 11.5. The molecule has 1 aliphatic heterocycles. The Kier molecular flexibility index (Phi) is 6.24. The number of carbonyl (C=O) groups is 2. The quantitative estimate of drug-likeness (QED) is 0.327. The fourth-order valence-corrected chi connectivity index (χ4v) is 4.26. The van der Waals surface area contributed by atoms with Crippen LogP contribution in [0.1, 0.15) is 40.5 Å². The Morgan fingerprint density at radius 1 is 1.17 bits per heavy atom. The molecule has 5 rings (SSSR count). The lowest BCUT2D eigenvalue weighted by Crippen LogP contribution is -2.35. The SMILES string of the molecule is CCOC(=O)c1cc2c(=O)n3ccccc3nc2n(C[C@@H]2CCCO2)c1=NC(=O)c1ccccc1. The summed E-state index contributed by atoms with van der Waals surface area (Å²) in [4.78, 5) is 48.6. The molecule has 0 saturated carbocycles. The van der Waals surface area contributed by atoms with Crippen LogP contribution >= 0.6 is 0 Å². The van der Waals surface area contributed by atoms with E-state index in [2.05, 4.69) is 4.99 Å². The first kappa shape index (κ1) is 22.7. The average Bonchev–Trinajstić information content (AvgIpc) is 3.39. The Morgan fingerprint density at radius 3 is 2.71 bits per heavy atom. The molecule has 0 unspecified atom stereocenters. The monoisotopic (exact) mass is 472 g/mol. The summed E-state index contributed by atoms with van der Waals surface area (Å²) in [6.07, 6.45) is 3.15. The van der Waals surface area contributed by atoms with Crippen molar-refractivity contribution < 1.29 is 19.1 Å². The summed E-state index contributed by atoms with van der Waals surface area (Å²) in [7, 11) is 0. The smallest absolute Gasteiger partial charge is 0.341 e. The number of amides is 1. The second-order valence-electron chi connectivity index (χ2n) is 8.21. The van der Waals surface area contributed by atoms with E-state index in [1.165, 1.54) is 10.5 Å². The Morgan fingerprint density at radius 2 is 1.97 bits per heavy atom. The van der Waals surface area contributed by atoms with Gasteiger partial charge in [0, 0.05) is 18.4 Å². The Balaban J connectivity index is 1.86. The number of pyridine rings is 2. The Bertz CT molecular complexity index is 1550. The molecule has 4 aromatic rings. The third-order valence-electron chi connectivity index (χ3n) is 5.92. The number of ether oxygens (including phenoxy) is 2. The molecule has 1 atom stereocenters. The summed E-state index contributed by atoms with van der Waals surface area (Å²) in [5.41, 5.74) is 0.916. The molecule has 9 nitrogen and oxygen atoms in total. The molecule has 0 bridgehead atoms. The van der Waals surface area contributed by atoms with Crippen molar-refractivity contribution >= 4 is 28.6 Å². The van der Waals surface area contributed by atoms with Gasteiger partial charge in [-0.2, -0.15) is 4.99 Å². The van der Waals surface area contributed by atoms with Crippen LogP contribution in [-0.2, 0) is 16.0 Å². The van der Waals surface area contributed by atoms with E-state index < -0.39 is 11.9 Å². The standard InChI is InChI=1S/C26H24N4O5/c1-2-34-26(33)20-15-19-22(27-21-12-6-7-13-29(21)25(19)32)30(16-18-11-8-14-35-18)23(20)28-24(31)17-9-4-3-5-10-17/h3-7,9-10,12-13,15,18H,2,8,11,14,16H2,1H3/t18-/m0/s1. The first-order chi connectivity index (χ1) is 17.1. The van der Waals surface area contributed by atoms with Crippen LogP contribution in [0, 0.1) is 0 Å². The summed E-state index contributed by atoms with van der Waals surface area (Å²) in [5.74, 6) is -1.19. The van der Waals surface area contributed by atoms with E-state index >= 15 is 0 Å². The number of rotatable bonds is 5. The van der Waals surface area contributed by atoms with Crippen LogP contribution in [0.2, 0.25) is 0 Å². The molecule has 1 aromatic carbocycles. The molecule has 1 fully saturated rings. The van der Waals surface area contributed by atoms with Gasteiger partial charge in [-0.1, -0.05) is 24.3 Å². The molecule has 1 amide bonds. The molecule has 1 aliphatic rings. The zero-order valence-electron chi connectivity index (χ0n) is 19.2. The number of nitrogens with zero attached hydrogens (tertiary/aromatic N) is 4. The van der Waals surface area contributed by atoms with Crippen molar-refractivity contribution in [1.29, 1.82) is 0 Å². The number of esters is 1. The molecule has 9 heteroatoms. The van der Waals surface area contributed by atoms with Gasteiger partial charge in [0.2, 0.25) is 0 Å². The van der Waals surface area contributed by atoms with E-state index in [1.54, 1.807) is 66.2 Å². The molecule has 1 saturated heterocycles. The summed E-state index contributed by atoms with van der Waals surface area (Å²) < 4.78 is 14.2. The highest BCUT2D eigenvalue weighted by molar-refractivity contribution is 5.97. The van der Waals surface area contributed by atoms with E-state index in [-0.39, 0.29) is 41.3 Å². The van der Waals surface area contributed by atoms with Gasteiger partial charge in [0.15, 0.2) is 5.49 Å². The molecule has 0 spiro atoms. The highest BCUT2D eigenvalue weighted by Crippen LogP contribution is 2.17. The van der Waals surface area contributed by atoms with Gasteiger partial charge < -0.3 is 14.0 Å². The number of hydrogen-bond acceptors (Lipinski definition) is 6. The molecule has 3 aromatic heterocycles. The largest absolute Gasteiger partial charge is 0.462 e. The van der Waals surface area contributed by atoms with E-state index in [0.29, 0.717) is 23.5 Å². The summed E-state index contributed by atoms with van der Waals surface area (Å²) in [5, 5.41) is 0.223. The van der Waals surface area contributed by atoms with E-state index in [0.717, 1.165) is 12.8 Å². The van der Waals surface area contributed by atoms with Crippen LogP contribution in [0.5, 0.6) is 0 Å². The Hall–Kier alpha value is -4.11. The van der Waals surface area contributed by atoms with Crippen LogP contribution in [0.25, 0.3) is 16.7 Å². The molecule has 178 valence electrons. The van der Waals surface area contributed by atoms with Gasteiger partial charge >= 0.3 is 5.97 Å². The van der Waals surface area contributed by atoms with E-state index in [9.17, 15) is 14.4 Å². The maximum Gasteiger partial charge on any atom is 0.341 e. The number of carbonyl (C=O) groups excluding carboxylic acids is 2. The highest BCUT2D eigenvalue weighted by Gasteiger charge is 2.23. The van der Waals surface area contributed by atoms with Gasteiger partial charge in [-0.3, -0.25) is 14.0 Å². The van der Waals surface area contributed by atoms with Gasteiger partial charge in [-0.05, 0) is 50.1 Å². The summed E-state index contributed by atoms with van der Waals surface area (Å²) >= 11 is 0. The van der Waals surface area contributed by atoms with Gasteiger partial charge in [-0.15, -0.1) is 0 Å². The minimum Gasteiger partial charge on any atom is -0.462 e.